The number of hydrogen-bond acceptors (Lipinski definition) is 4. The van der Waals surface area contributed by atoms with Gasteiger partial charge in [-0.25, -0.2) is 4.98 Å². The molecule has 0 aliphatic carbocycles. The van der Waals surface area contributed by atoms with Crippen LogP contribution >= 0.6 is 0 Å². The number of benzene rings is 2. The highest BCUT2D eigenvalue weighted by molar-refractivity contribution is 5.80. The number of aromatic nitrogens is 1. The van der Waals surface area contributed by atoms with Gasteiger partial charge in [0.05, 0.1) is 18.7 Å². The van der Waals surface area contributed by atoms with Crippen molar-refractivity contribution in [1.29, 1.82) is 0 Å². The number of hydrogen-bond donors (Lipinski definition) is 2. The summed E-state index contributed by atoms with van der Waals surface area (Å²) in [5.74, 6) is 0.898. The number of aliphatic hydroxyl groups is 2. The zero-order chi connectivity index (χ0) is 14.7. The van der Waals surface area contributed by atoms with E-state index >= 15 is 0 Å². The monoisotopic (exact) mass is 281 g/mol. The van der Waals surface area contributed by atoms with E-state index in [9.17, 15) is 10.2 Å². The van der Waals surface area contributed by atoms with Crippen LogP contribution in [-0.2, 0) is 13.2 Å². The van der Waals surface area contributed by atoms with Crippen LogP contribution in [0, 0.1) is 0 Å². The van der Waals surface area contributed by atoms with E-state index in [0.29, 0.717) is 22.8 Å². The zero-order valence-electron chi connectivity index (χ0n) is 11.4. The van der Waals surface area contributed by atoms with Crippen LogP contribution in [0.4, 0.5) is 0 Å². The Morgan fingerprint density at radius 3 is 2.38 bits per heavy atom. The predicted octanol–water partition coefficient (Wildman–Crippen LogP) is 3.01. The third-order valence-corrected chi connectivity index (χ3v) is 3.28. The lowest BCUT2D eigenvalue weighted by molar-refractivity contribution is 0.269. The van der Waals surface area contributed by atoms with Gasteiger partial charge < -0.3 is 14.9 Å². The molecular weight excluding hydrogens is 266 g/mol. The molecule has 0 amide bonds. The van der Waals surface area contributed by atoms with Crippen LogP contribution in [0.2, 0.25) is 0 Å². The molecule has 0 unspecified atom stereocenters. The van der Waals surface area contributed by atoms with Gasteiger partial charge >= 0.3 is 0 Å². The Morgan fingerprint density at radius 1 is 0.857 bits per heavy atom. The van der Waals surface area contributed by atoms with Crippen molar-refractivity contribution in [3.8, 4) is 11.6 Å². The van der Waals surface area contributed by atoms with Gasteiger partial charge in [-0.15, -0.1) is 0 Å². The molecule has 0 atom stereocenters. The highest BCUT2D eigenvalue weighted by Crippen LogP contribution is 2.29. The molecule has 4 nitrogen and oxygen atoms in total. The average Bonchev–Trinajstić information content (AvgIpc) is 2.54. The number of fused-ring (bicyclic) bond motifs is 1. The molecule has 2 N–H and O–H groups in total. The minimum atomic E-state index is -0.158. The lowest BCUT2D eigenvalue weighted by Crippen LogP contribution is -1.98. The molecule has 2 aromatic carbocycles. The predicted molar refractivity (Wildman–Crippen MR) is 80.1 cm³/mol. The van der Waals surface area contributed by atoms with Gasteiger partial charge in [0, 0.05) is 16.5 Å². The van der Waals surface area contributed by atoms with Gasteiger partial charge in [0.15, 0.2) is 0 Å². The fraction of sp³-hybridized carbons (Fsp3) is 0.118. The van der Waals surface area contributed by atoms with Crippen LogP contribution in [0.5, 0.6) is 11.6 Å². The van der Waals surface area contributed by atoms with Crippen LogP contribution in [-0.4, -0.2) is 15.2 Å². The summed E-state index contributed by atoms with van der Waals surface area (Å²) >= 11 is 0. The van der Waals surface area contributed by atoms with E-state index < -0.39 is 0 Å². The minimum Gasteiger partial charge on any atom is -0.438 e. The van der Waals surface area contributed by atoms with E-state index in [1.54, 1.807) is 12.1 Å². The molecule has 1 heterocycles. The van der Waals surface area contributed by atoms with Crippen LogP contribution in [0.3, 0.4) is 0 Å². The molecule has 3 rings (SSSR count). The van der Waals surface area contributed by atoms with Gasteiger partial charge in [0.2, 0.25) is 5.88 Å². The smallest absolute Gasteiger partial charge is 0.225 e. The van der Waals surface area contributed by atoms with E-state index in [2.05, 4.69) is 4.98 Å². The van der Waals surface area contributed by atoms with Gasteiger partial charge in [-0.3, -0.25) is 0 Å². The summed E-state index contributed by atoms with van der Waals surface area (Å²) < 4.78 is 5.80. The molecule has 0 saturated heterocycles. The first-order chi connectivity index (χ1) is 10.3. The van der Waals surface area contributed by atoms with E-state index in [4.69, 9.17) is 4.74 Å². The zero-order valence-corrected chi connectivity index (χ0v) is 11.4. The molecule has 0 spiro atoms. The third-order valence-electron chi connectivity index (χ3n) is 3.28. The summed E-state index contributed by atoms with van der Waals surface area (Å²) in [5, 5.41) is 19.8. The summed E-state index contributed by atoms with van der Waals surface area (Å²) in [6.45, 7) is -0.271. The minimum absolute atomic E-state index is 0.113. The number of pyridine rings is 1. The quantitative estimate of drug-likeness (QED) is 0.771. The molecular formula is C17H15NO3. The fourth-order valence-corrected chi connectivity index (χ4v) is 2.18. The second-order valence-corrected chi connectivity index (χ2v) is 4.67. The van der Waals surface area contributed by atoms with Crippen molar-refractivity contribution in [2.24, 2.45) is 0 Å². The van der Waals surface area contributed by atoms with Crippen molar-refractivity contribution >= 4 is 10.9 Å². The first-order valence-electron chi connectivity index (χ1n) is 6.68. The van der Waals surface area contributed by atoms with Crippen LogP contribution in [0.25, 0.3) is 10.9 Å². The second-order valence-electron chi connectivity index (χ2n) is 4.67. The molecule has 0 aliphatic rings. The summed E-state index contributed by atoms with van der Waals surface area (Å²) in [6.07, 6.45) is 0. The molecule has 0 saturated carbocycles. The van der Waals surface area contributed by atoms with E-state index in [0.717, 1.165) is 10.9 Å². The highest BCUT2D eigenvalue weighted by Gasteiger charge is 2.10. The molecule has 0 aliphatic heterocycles. The van der Waals surface area contributed by atoms with Crippen LogP contribution in [0.15, 0.2) is 54.6 Å². The van der Waals surface area contributed by atoms with Gasteiger partial charge in [-0.2, -0.15) is 0 Å². The fourth-order valence-electron chi connectivity index (χ4n) is 2.18. The van der Waals surface area contributed by atoms with Crippen LogP contribution in [0.1, 0.15) is 11.1 Å². The van der Waals surface area contributed by atoms with Gasteiger partial charge in [0.1, 0.15) is 5.75 Å². The molecule has 3 aromatic rings. The number of para-hydroxylation sites is 2. The van der Waals surface area contributed by atoms with Crippen molar-refractivity contribution in [3.05, 3.63) is 65.7 Å². The normalized spacial score (nSPS) is 10.8. The van der Waals surface area contributed by atoms with Crippen molar-refractivity contribution in [3.63, 3.8) is 0 Å². The van der Waals surface area contributed by atoms with Crippen molar-refractivity contribution in [1.82, 2.24) is 4.98 Å². The van der Waals surface area contributed by atoms with Gasteiger partial charge in [-0.05, 0) is 18.2 Å². The van der Waals surface area contributed by atoms with Gasteiger partial charge in [0.25, 0.3) is 0 Å². The SMILES string of the molecule is OCc1ccccc1Oc1nc2ccccc2cc1CO. The first kappa shape index (κ1) is 13.5. The maximum absolute atomic E-state index is 9.51. The molecule has 1 aromatic heterocycles. The maximum Gasteiger partial charge on any atom is 0.225 e. The molecule has 4 heteroatoms. The summed E-state index contributed by atoms with van der Waals surface area (Å²) in [7, 11) is 0. The molecule has 0 fully saturated rings. The Morgan fingerprint density at radius 2 is 1.57 bits per heavy atom. The Labute approximate surface area is 122 Å². The lowest BCUT2D eigenvalue weighted by Gasteiger charge is -2.12. The van der Waals surface area contributed by atoms with Crippen molar-refractivity contribution in [2.45, 2.75) is 13.2 Å². The van der Waals surface area contributed by atoms with E-state index in [-0.39, 0.29) is 13.2 Å². The maximum atomic E-state index is 9.51. The Kier molecular flexibility index (Phi) is 3.81. The number of aliphatic hydroxyl groups excluding tert-OH is 2. The largest absolute Gasteiger partial charge is 0.438 e. The summed E-state index contributed by atoms with van der Waals surface area (Å²) in [5.41, 5.74) is 2.09. The Hall–Kier alpha value is -2.43. The molecule has 0 radical (unpaired) electrons. The standard InChI is InChI=1S/C17H15NO3/c19-10-13-6-2-4-8-16(13)21-17-14(11-20)9-12-5-1-3-7-15(12)18-17/h1-9,19-20H,10-11H2. The first-order valence-corrected chi connectivity index (χ1v) is 6.68. The Bertz CT molecular complexity index is 771. The average molecular weight is 281 g/mol. The molecule has 0 bridgehead atoms. The third kappa shape index (κ3) is 2.72. The van der Waals surface area contributed by atoms with Gasteiger partial charge in [-0.1, -0.05) is 36.4 Å². The topological polar surface area (TPSA) is 62.6 Å². The Balaban J connectivity index is 2.06. The van der Waals surface area contributed by atoms with E-state index in [1.165, 1.54) is 0 Å². The summed E-state index contributed by atoms with van der Waals surface area (Å²) in [4.78, 5) is 4.45. The van der Waals surface area contributed by atoms with Crippen molar-refractivity contribution < 1.29 is 14.9 Å². The van der Waals surface area contributed by atoms with Crippen LogP contribution < -0.4 is 4.74 Å². The molecule has 106 valence electrons. The second kappa shape index (κ2) is 5.91. The number of ether oxygens (including phenoxy) is 1. The summed E-state index contributed by atoms with van der Waals surface area (Å²) in [6, 6.07) is 16.7. The highest BCUT2D eigenvalue weighted by atomic mass is 16.5. The number of nitrogens with zero attached hydrogens (tertiary/aromatic N) is 1. The number of rotatable bonds is 4. The van der Waals surface area contributed by atoms with E-state index in [1.807, 2.05) is 42.5 Å². The lowest BCUT2D eigenvalue weighted by atomic mass is 10.1. The molecule has 21 heavy (non-hydrogen) atoms. The van der Waals surface area contributed by atoms with Crippen molar-refractivity contribution in [2.75, 3.05) is 0 Å².